The van der Waals surface area contributed by atoms with E-state index in [4.69, 9.17) is 9.47 Å². The molecule has 5 heteroatoms. The number of carbonyl (C=O) groups excluding carboxylic acids is 1. The highest BCUT2D eigenvalue weighted by Gasteiger charge is 2.12. The second-order valence-corrected chi connectivity index (χ2v) is 4.63. The van der Waals surface area contributed by atoms with E-state index in [0.29, 0.717) is 30.3 Å². The van der Waals surface area contributed by atoms with Crippen LogP contribution < -0.4 is 14.9 Å². The van der Waals surface area contributed by atoms with E-state index in [1.807, 2.05) is 6.92 Å². The van der Waals surface area contributed by atoms with Gasteiger partial charge in [0.2, 0.25) is 0 Å². The van der Waals surface area contributed by atoms with Crippen molar-refractivity contribution in [1.82, 2.24) is 10.4 Å². The van der Waals surface area contributed by atoms with E-state index in [1.54, 1.807) is 37.3 Å². The van der Waals surface area contributed by atoms with E-state index in [9.17, 15) is 4.79 Å². The van der Waals surface area contributed by atoms with Crippen molar-refractivity contribution in [2.45, 2.75) is 26.7 Å². The number of carbonyl (C=O) groups is 1. The largest absolute Gasteiger partial charge is 0.490 e. The molecule has 0 spiro atoms. The lowest BCUT2D eigenvalue weighted by atomic mass is 10.2. The smallest absolute Gasteiger partial charge is 0.265 e. The summed E-state index contributed by atoms with van der Waals surface area (Å²) in [5.74, 6) is 1.12. The second kappa shape index (κ2) is 8.43. The fourth-order valence-electron chi connectivity index (χ4n) is 1.63. The van der Waals surface area contributed by atoms with Crippen LogP contribution in [0, 0.1) is 0 Å². The van der Waals surface area contributed by atoms with Gasteiger partial charge >= 0.3 is 0 Å². The fraction of sp³-hybridized carbons (Fsp3) is 0.533. The maximum Gasteiger partial charge on any atom is 0.265 e. The molecule has 0 unspecified atom stereocenters. The van der Waals surface area contributed by atoms with E-state index >= 15 is 0 Å². The van der Waals surface area contributed by atoms with Crippen molar-refractivity contribution in [2.75, 3.05) is 27.3 Å². The number of hydrogen-bond acceptors (Lipinski definition) is 4. The fourth-order valence-corrected chi connectivity index (χ4v) is 1.63. The number of amides is 1. The number of rotatable bonds is 8. The zero-order valence-electron chi connectivity index (χ0n) is 12.7. The predicted molar refractivity (Wildman–Crippen MR) is 79.2 cm³/mol. The molecule has 0 aliphatic rings. The number of nitrogens with zero attached hydrogens (tertiary/aromatic N) is 1. The molecular weight excluding hydrogens is 256 g/mol. The Morgan fingerprint density at radius 2 is 1.95 bits per heavy atom. The molecule has 0 aliphatic heterocycles. The summed E-state index contributed by atoms with van der Waals surface area (Å²) in [6.45, 7) is 5.20. The van der Waals surface area contributed by atoms with Gasteiger partial charge in [0, 0.05) is 19.7 Å². The second-order valence-electron chi connectivity index (χ2n) is 4.63. The first-order valence-electron chi connectivity index (χ1n) is 6.96. The molecule has 1 amide bonds. The Kier molecular flexibility index (Phi) is 6.87. The molecule has 0 saturated carbocycles. The van der Waals surface area contributed by atoms with Gasteiger partial charge in [0.15, 0.2) is 11.5 Å². The van der Waals surface area contributed by atoms with Gasteiger partial charge in [-0.1, -0.05) is 13.3 Å². The third kappa shape index (κ3) is 5.09. The standard InChI is InChI=1S/C15H24N2O3/c1-5-7-10-20-13-9-8-12(11-14(13)19-6-2)15(18)16-17(3)4/h8-9,11H,5-7,10H2,1-4H3,(H,16,18). The van der Waals surface area contributed by atoms with Crippen LogP contribution in [-0.2, 0) is 0 Å². The summed E-state index contributed by atoms with van der Waals surface area (Å²) < 4.78 is 11.2. The number of nitrogens with one attached hydrogen (secondary N) is 1. The quantitative estimate of drug-likeness (QED) is 0.587. The SMILES string of the molecule is CCCCOc1ccc(C(=O)NN(C)C)cc1OCC. The van der Waals surface area contributed by atoms with E-state index in [0.717, 1.165) is 12.8 Å². The maximum atomic E-state index is 11.9. The minimum absolute atomic E-state index is 0.170. The summed E-state index contributed by atoms with van der Waals surface area (Å²) in [6, 6.07) is 5.23. The molecule has 0 heterocycles. The molecule has 0 radical (unpaired) electrons. The average molecular weight is 280 g/mol. The molecule has 0 atom stereocenters. The monoisotopic (exact) mass is 280 g/mol. The van der Waals surface area contributed by atoms with Crippen LogP contribution in [0.2, 0.25) is 0 Å². The molecule has 1 aromatic rings. The molecule has 0 bridgehead atoms. The van der Waals surface area contributed by atoms with Gasteiger partial charge in [-0.05, 0) is 31.5 Å². The first-order valence-corrected chi connectivity index (χ1v) is 6.96. The molecule has 0 saturated heterocycles. The van der Waals surface area contributed by atoms with Gasteiger partial charge in [-0.2, -0.15) is 0 Å². The van der Waals surface area contributed by atoms with Crippen LogP contribution in [0.5, 0.6) is 11.5 Å². The zero-order chi connectivity index (χ0) is 15.0. The zero-order valence-corrected chi connectivity index (χ0v) is 12.7. The number of ether oxygens (including phenoxy) is 2. The highest BCUT2D eigenvalue weighted by Crippen LogP contribution is 2.28. The summed E-state index contributed by atoms with van der Waals surface area (Å²) in [5.41, 5.74) is 3.24. The molecule has 1 rings (SSSR count). The average Bonchev–Trinajstić information content (AvgIpc) is 2.40. The summed E-state index contributed by atoms with van der Waals surface area (Å²) in [6.07, 6.45) is 2.07. The molecule has 20 heavy (non-hydrogen) atoms. The molecule has 0 aliphatic carbocycles. The summed E-state index contributed by atoms with van der Waals surface area (Å²) >= 11 is 0. The molecule has 1 N–H and O–H groups in total. The number of hydrogen-bond donors (Lipinski definition) is 1. The highest BCUT2D eigenvalue weighted by atomic mass is 16.5. The van der Waals surface area contributed by atoms with Crippen LogP contribution in [0.15, 0.2) is 18.2 Å². The van der Waals surface area contributed by atoms with E-state index in [1.165, 1.54) is 0 Å². The maximum absolute atomic E-state index is 11.9. The first kappa shape index (κ1) is 16.3. The lowest BCUT2D eigenvalue weighted by Crippen LogP contribution is -2.36. The summed E-state index contributed by atoms with van der Waals surface area (Å²) in [5, 5.41) is 1.61. The molecule has 0 aromatic heterocycles. The van der Waals surface area contributed by atoms with Crippen LogP contribution >= 0.6 is 0 Å². The summed E-state index contributed by atoms with van der Waals surface area (Å²) in [7, 11) is 3.53. The topological polar surface area (TPSA) is 50.8 Å². The van der Waals surface area contributed by atoms with Crippen molar-refractivity contribution < 1.29 is 14.3 Å². The molecule has 112 valence electrons. The van der Waals surface area contributed by atoms with Crippen molar-refractivity contribution in [3.8, 4) is 11.5 Å². The third-order valence-electron chi connectivity index (χ3n) is 2.59. The molecule has 5 nitrogen and oxygen atoms in total. The Morgan fingerprint density at radius 3 is 2.55 bits per heavy atom. The lowest BCUT2D eigenvalue weighted by Gasteiger charge is -2.15. The van der Waals surface area contributed by atoms with Crippen molar-refractivity contribution in [1.29, 1.82) is 0 Å². The van der Waals surface area contributed by atoms with Gasteiger partial charge in [-0.25, -0.2) is 5.01 Å². The van der Waals surface area contributed by atoms with Crippen molar-refractivity contribution in [3.63, 3.8) is 0 Å². The van der Waals surface area contributed by atoms with Crippen LogP contribution in [0.1, 0.15) is 37.0 Å². The first-order chi connectivity index (χ1) is 9.58. The van der Waals surface area contributed by atoms with Gasteiger partial charge in [-0.3, -0.25) is 10.2 Å². The van der Waals surface area contributed by atoms with E-state index < -0.39 is 0 Å². The highest BCUT2D eigenvalue weighted by molar-refractivity contribution is 5.94. The van der Waals surface area contributed by atoms with Gasteiger partial charge in [0.1, 0.15) is 0 Å². The third-order valence-corrected chi connectivity index (χ3v) is 2.59. The normalized spacial score (nSPS) is 10.4. The van der Waals surface area contributed by atoms with Crippen LogP contribution in [0.25, 0.3) is 0 Å². The summed E-state index contributed by atoms with van der Waals surface area (Å²) in [4.78, 5) is 11.9. The minimum Gasteiger partial charge on any atom is -0.490 e. The predicted octanol–water partition coefficient (Wildman–Crippen LogP) is 2.47. The number of hydrazine groups is 1. The minimum atomic E-state index is -0.170. The molecule has 0 fully saturated rings. The number of unbranched alkanes of at least 4 members (excludes halogenated alkanes) is 1. The Balaban J connectivity index is 2.85. The Hall–Kier alpha value is -1.75. The lowest BCUT2D eigenvalue weighted by molar-refractivity contribution is 0.0856. The van der Waals surface area contributed by atoms with E-state index in [2.05, 4.69) is 12.3 Å². The van der Waals surface area contributed by atoms with Crippen molar-refractivity contribution in [3.05, 3.63) is 23.8 Å². The van der Waals surface area contributed by atoms with Crippen LogP contribution in [-0.4, -0.2) is 38.2 Å². The van der Waals surface area contributed by atoms with Crippen LogP contribution in [0.3, 0.4) is 0 Å². The van der Waals surface area contributed by atoms with Gasteiger partial charge < -0.3 is 9.47 Å². The Bertz CT molecular complexity index is 433. The van der Waals surface area contributed by atoms with Crippen molar-refractivity contribution >= 4 is 5.91 Å². The van der Waals surface area contributed by atoms with Crippen LogP contribution in [0.4, 0.5) is 0 Å². The Labute approximate surface area is 120 Å². The number of benzene rings is 1. The van der Waals surface area contributed by atoms with E-state index in [-0.39, 0.29) is 5.91 Å². The van der Waals surface area contributed by atoms with Gasteiger partial charge in [0.25, 0.3) is 5.91 Å². The molecule has 1 aromatic carbocycles. The Morgan fingerprint density at radius 1 is 1.20 bits per heavy atom. The molecular formula is C15H24N2O3. The van der Waals surface area contributed by atoms with Crippen molar-refractivity contribution in [2.24, 2.45) is 0 Å². The van der Waals surface area contributed by atoms with Gasteiger partial charge in [0.05, 0.1) is 13.2 Å². The van der Waals surface area contributed by atoms with Gasteiger partial charge in [-0.15, -0.1) is 0 Å².